The Morgan fingerprint density at radius 3 is 1.44 bits per heavy atom. The summed E-state index contributed by atoms with van der Waals surface area (Å²) in [4.78, 5) is 2.72. The van der Waals surface area contributed by atoms with E-state index in [-0.39, 0.29) is 0 Å². The molecule has 1 aliphatic carbocycles. The smallest absolute Gasteiger partial charge is 0.0375 e. The molecule has 0 fully saturated rings. The van der Waals surface area contributed by atoms with E-state index < -0.39 is 0 Å². The van der Waals surface area contributed by atoms with Crippen LogP contribution >= 0.6 is 34.4 Å². The third kappa shape index (κ3) is 4.99. The van der Waals surface area contributed by atoms with Crippen molar-refractivity contribution in [3.63, 3.8) is 0 Å². The van der Waals surface area contributed by atoms with E-state index in [2.05, 4.69) is 194 Å². The van der Waals surface area contributed by atoms with Gasteiger partial charge < -0.3 is 0 Å². The average molecular weight is 851 g/mol. The lowest BCUT2D eigenvalue weighted by Crippen LogP contribution is -2.07. The third-order valence-corrected chi connectivity index (χ3v) is 17.8. The summed E-state index contributed by atoms with van der Waals surface area (Å²) in [7, 11) is 0. The highest BCUT2D eigenvalue weighted by Crippen LogP contribution is 2.50. The van der Waals surface area contributed by atoms with Gasteiger partial charge >= 0.3 is 0 Å². The molecule has 0 spiro atoms. The molecule has 15 rings (SSSR count). The van der Waals surface area contributed by atoms with Crippen molar-refractivity contribution < 1.29 is 0 Å². The number of allylic oxidation sites excluding steroid dienone is 4. The Morgan fingerprint density at radius 1 is 0.349 bits per heavy atom. The zero-order chi connectivity index (χ0) is 40.9. The van der Waals surface area contributed by atoms with E-state index in [9.17, 15) is 0 Å². The lowest BCUT2D eigenvalue weighted by atomic mass is 9.87. The Hall–Kier alpha value is -6.75. The molecule has 2 aromatic heterocycles. The number of thiophene rings is 2. The van der Waals surface area contributed by atoms with E-state index in [1.807, 2.05) is 34.4 Å². The van der Waals surface area contributed by atoms with Crippen molar-refractivity contribution in [2.75, 3.05) is 0 Å². The first-order chi connectivity index (χ1) is 31.2. The maximum atomic E-state index is 2.48. The van der Waals surface area contributed by atoms with Gasteiger partial charge in [0.15, 0.2) is 0 Å². The number of thioether (sulfide) groups is 1. The van der Waals surface area contributed by atoms with Gasteiger partial charge in [-0.3, -0.25) is 0 Å². The molecule has 11 aromatic carbocycles. The van der Waals surface area contributed by atoms with E-state index in [1.165, 1.54) is 138 Å². The van der Waals surface area contributed by atoms with Crippen LogP contribution < -0.4 is 0 Å². The monoisotopic (exact) mass is 850 g/mol. The predicted octanol–water partition coefficient (Wildman–Crippen LogP) is 18.3. The van der Waals surface area contributed by atoms with Gasteiger partial charge in [0.1, 0.15) is 0 Å². The number of benzene rings is 11. The fourth-order valence-electron chi connectivity index (χ4n) is 11.1. The Labute approximate surface area is 375 Å². The molecular formula is C60H34S3. The molecule has 63 heavy (non-hydrogen) atoms. The van der Waals surface area contributed by atoms with Crippen molar-refractivity contribution in [1.29, 1.82) is 0 Å². The number of hydrogen-bond acceptors (Lipinski definition) is 3. The van der Waals surface area contributed by atoms with Crippen LogP contribution in [0.1, 0.15) is 5.56 Å². The summed E-state index contributed by atoms with van der Waals surface area (Å²) in [6.07, 6.45) is 11.6. The molecule has 0 amide bonds. The molecule has 292 valence electrons. The van der Waals surface area contributed by atoms with Gasteiger partial charge in [0, 0.05) is 45.8 Å². The largest absolute Gasteiger partial charge is 0.135 e. The molecule has 3 heterocycles. The van der Waals surface area contributed by atoms with Crippen LogP contribution in [0.5, 0.6) is 0 Å². The van der Waals surface area contributed by atoms with E-state index in [1.54, 1.807) is 0 Å². The van der Waals surface area contributed by atoms with Crippen LogP contribution in [-0.2, 0) is 0 Å². The molecule has 13 aromatic rings. The minimum absolute atomic E-state index is 0.465. The first kappa shape index (κ1) is 34.8. The first-order valence-electron chi connectivity index (χ1n) is 21.8. The van der Waals surface area contributed by atoms with Crippen LogP contribution in [0.3, 0.4) is 0 Å². The second kappa shape index (κ2) is 12.9. The second-order valence-electron chi connectivity index (χ2n) is 17.4. The lowest BCUT2D eigenvalue weighted by Gasteiger charge is -2.17. The van der Waals surface area contributed by atoms with Crippen LogP contribution in [-0.4, -0.2) is 5.25 Å². The van der Waals surface area contributed by atoms with Crippen molar-refractivity contribution in [3.8, 4) is 32.7 Å². The first-order valence-corrected chi connectivity index (χ1v) is 24.3. The highest BCUT2D eigenvalue weighted by atomic mass is 32.2. The van der Waals surface area contributed by atoms with Gasteiger partial charge in [-0.1, -0.05) is 158 Å². The molecule has 0 bridgehead atoms. The molecule has 2 atom stereocenters. The maximum absolute atomic E-state index is 2.48. The van der Waals surface area contributed by atoms with Crippen LogP contribution in [0.25, 0.3) is 132 Å². The van der Waals surface area contributed by atoms with Gasteiger partial charge in [-0.05, 0) is 140 Å². The Kier molecular flexibility index (Phi) is 7.13. The molecule has 1 aliphatic heterocycles. The van der Waals surface area contributed by atoms with E-state index in [0.717, 1.165) is 0 Å². The zero-order valence-electron chi connectivity index (χ0n) is 33.9. The number of fused-ring (bicyclic) bond motifs is 5. The SMILES string of the molecule is C1=CC2C=C(c3ccc4ccc5c(-c6ccc7sc8ccc(-c9ccc%10ccc%11c(-c%12cc%13ccccc%13s%12)ccc%12ccc9c%10c%12%11)cc8c7c6)ccc6ccc3c4c65)SC2C=C1. The fourth-order valence-corrected chi connectivity index (χ4v) is 14.6. The predicted molar refractivity (Wildman–Crippen MR) is 280 cm³/mol. The molecule has 0 radical (unpaired) electrons. The van der Waals surface area contributed by atoms with Gasteiger partial charge in [0.05, 0.1) is 0 Å². The summed E-state index contributed by atoms with van der Waals surface area (Å²) < 4.78 is 3.98. The van der Waals surface area contributed by atoms with Crippen molar-refractivity contribution in [1.82, 2.24) is 0 Å². The van der Waals surface area contributed by atoms with Crippen molar-refractivity contribution in [2.45, 2.75) is 5.25 Å². The van der Waals surface area contributed by atoms with Gasteiger partial charge in [-0.15, -0.1) is 34.4 Å². The molecular weight excluding hydrogens is 817 g/mol. The second-order valence-corrected chi connectivity index (χ2v) is 20.8. The molecule has 2 unspecified atom stereocenters. The highest BCUT2D eigenvalue weighted by Gasteiger charge is 2.28. The van der Waals surface area contributed by atoms with Gasteiger partial charge in [0.25, 0.3) is 0 Å². The van der Waals surface area contributed by atoms with Crippen molar-refractivity contribution >= 4 is 134 Å². The van der Waals surface area contributed by atoms with Crippen molar-refractivity contribution in [2.24, 2.45) is 5.92 Å². The average Bonchev–Trinajstić information content (AvgIpc) is 4.07. The summed E-state index contributed by atoms with van der Waals surface area (Å²) in [6.45, 7) is 0. The van der Waals surface area contributed by atoms with Crippen LogP contribution in [0.15, 0.2) is 194 Å². The van der Waals surface area contributed by atoms with E-state index in [4.69, 9.17) is 0 Å². The quantitative estimate of drug-likeness (QED) is 0.159. The van der Waals surface area contributed by atoms with Crippen LogP contribution in [0.4, 0.5) is 0 Å². The molecule has 3 heteroatoms. The summed E-state index contributed by atoms with van der Waals surface area (Å²) in [6, 6.07) is 62.8. The normalized spacial score (nSPS) is 16.5. The van der Waals surface area contributed by atoms with Crippen LogP contribution in [0, 0.1) is 5.92 Å². The molecule has 0 saturated heterocycles. The Bertz CT molecular complexity index is 4160. The maximum Gasteiger partial charge on any atom is 0.0375 e. The van der Waals surface area contributed by atoms with Gasteiger partial charge in [0.2, 0.25) is 0 Å². The summed E-state index contributed by atoms with van der Waals surface area (Å²) in [5.74, 6) is 0.465. The minimum Gasteiger partial charge on any atom is -0.135 e. The van der Waals surface area contributed by atoms with Gasteiger partial charge in [-0.2, -0.15) is 0 Å². The fraction of sp³-hybridized carbons (Fsp3) is 0.0333. The summed E-state index contributed by atoms with van der Waals surface area (Å²) in [5.41, 5.74) is 7.76. The minimum atomic E-state index is 0.465. The highest BCUT2D eigenvalue weighted by molar-refractivity contribution is 8.09. The Balaban J connectivity index is 0.872. The van der Waals surface area contributed by atoms with E-state index >= 15 is 0 Å². The standard InChI is InChI=1S/C60H34S3/c1-3-7-51-39(5-1)31-55(61-51)43-21-11-35-13-23-45-41(19-9-33-15-25-47(43)59(35)57(33)45)37-17-27-53-49(29-37)50-30-38(18-28-54(50)63-53)42-20-10-34-16-26-48-44(56-32-40-6-2-4-8-52(40)62-56)22-12-36-14-24-46(42)58(34)60(36)48/h1-32,39,51H. The van der Waals surface area contributed by atoms with E-state index in [0.29, 0.717) is 11.2 Å². The molecule has 0 N–H and O–H groups in total. The summed E-state index contributed by atoms with van der Waals surface area (Å²) >= 11 is 5.79. The summed E-state index contributed by atoms with van der Waals surface area (Å²) in [5, 5.41) is 20.4. The van der Waals surface area contributed by atoms with Crippen molar-refractivity contribution in [3.05, 3.63) is 200 Å². The Morgan fingerprint density at radius 2 is 0.857 bits per heavy atom. The van der Waals surface area contributed by atoms with Crippen LogP contribution in [0.2, 0.25) is 0 Å². The molecule has 0 nitrogen and oxygen atoms in total. The zero-order valence-corrected chi connectivity index (χ0v) is 36.3. The molecule has 2 aliphatic rings. The number of rotatable bonds is 4. The molecule has 0 saturated carbocycles. The lowest BCUT2D eigenvalue weighted by molar-refractivity contribution is 0.857. The third-order valence-electron chi connectivity index (χ3n) is 14.1. The van der Waals surface area contributed by atoms with Gasteiger partial charge in [-0.25, -0.2) is 0 Å². The topological polar surface area (TPSA) is 0 Å². The number of hydrogen-bond donors (Lipinski definition) is 0.